The molecule has 0 unspecified atom stereocenters. The molecule has 41 heavy (non-hydrogen) atoms. The number of rotatable bonds is 2. The molecule has 9 aromatic rings. The molecular weight excluding hydrogens is 496 g/mol. The van der Waals surface area contributed by atoms with Gasteiger partial charge < -0.3 is 4.42 Å². The van der Waals surface area contributed by atoms with Gasteiger partial charge in [0.2, 0.25) is 0 Å². The molecule has 9 rings (SSSR count). The largest absolute Gasteiger partial charge is 0.456 e. The maximum absolute atomic E-state index is 6.63. The highest BCUT2D eigenvalue weighted by Gasteiger charge is 2.19. The highest BCUT2D eigenvalue weighted by molar-refractivity contribution is 6.31. The van der Waals surface area contributed by atoms with Crippen LogP contribution in [0.3, 0.4) is 0 Å². The second-order valence-electron chi connectivity index (χ2n) is 10.8. The van der Waals surface area contributed by atoms with Gasteiger partial charge in [-0.15, -0.1) is 0 Å². The van der Waals surface area contributed by atoms with Gasteiger partial charge in [-0.3, -0.25) is 0 Å². The van der Waals surface area contributed by atoms with Gasteiger partial charge in [0.05, 0.1) is 0 Å². The summed E-state index contributed by atoms with van der Waals surface area (Å²) >= 11 is 0. The molecule has 0 bridgehead atoms. The molecule has 0 saturated heterocycles. The van der Waals surface area contributed by atoms with E-state index in [0.717, 1.165) is 11.2 Å². The van der Waals surface area contributed by atoms with Crippen molar-refractivity contribution >= 4 is 65.0 Å². The van der Waals surface area contributed by atoms with E-state index in [4.69, 9.17) is 4.42 Å². The van der Waals surface area contributed by atoms with Crippen LogP contribution in [0.4, 0.5) is 0 Å². The van der Waals surface area contributed by atoms with Gasteiger partial charge in [-0.25, -0.2) is 0 Å². The van der Waals surface area contributed by atoms with Crippen LogP contribution in [-0.4, -0.2) is 0 Å². The summed E-state index contributed by atoms with van der Waals surface area (Å²) in [5.41, 5.74) is 6.77. The smallest absolute Gasteiger partial charge is 0.136 e. The lowest BCUT2D eigenvalue weighted by atomic mass is 9.89. The lowest BCUT2D eigenvalue weighted by Crippen LogP contribution is -1.87. The van der Waals surface area contributed by atoms with E-state index >= 15 is 0 Å². The average molecular weight is 521 g/mol. The molecule has 1 heterocycles. The summed E-state index contributed by atoms with van der Waals surface area (Å²) in [7, 11) is 0. The first-order valence-corrected chi connectivity index (χ1v) is 14.1. The normalized spacial score (nSPS) is 11.9. The Morgan fingerprint density at radius 1 is 0.268 bits per heavy atom. The molecule has 0 atom stereocenters. The van der Waals surface area contributed by atoms with E-state index in [1.807, 2.05) is 0 Å². The number of hydrogen-bond acceptors (Lipinski definition) is 1. The lowest BCUT2D eigenvalue weighted by molar-refractivity contribution is 0.669. The summed E-state index contributed by atoms with van der Waals surface area (Å²) in [6.07, 6.45) is 0. The molecule has 0 N–H and O–H groups in total. The quantitative estimate of drug-likeness (QED) is 0.221. The number of fused-ring (bicyclic) bond motifs is 9. The first-order chi connectivity index (χ1) is 20.3. The Bertz CT molecular complexity index is 2290. The molecule has 0 amide bonds. The molecule has 0 fully saturated rings. The number of furan rings is 1. The standard InChI is InChI=1S/C40H24O/c1-3-15-29-25(9-1)11-5-17-31(29)33-19-7-13-27-21-23-35-39(37(27)33)40-36(41-35)24-22-28-14-8-20-34(38(28)40)32-18-6-12-26-10-2-4-16-30(26)32/h1-24H. The van der Waals surface area contributed by atoms with Crippen LogP contribution in [0.5, 0.6) is 0 Å². The van der Waals surface area contributed by atoms with E-state index in [1.165, 1.54) is 76.1 Å². The molecule has 1 heteroatoms. The van der Waals surface area contributed by atoms with E-state index in [0.29, 0.717) is 0 Å². The summed E-state index contributed by atoms with van der Waals surface area (Å²) in [5.74, 6) is 0. The van der Waals surface area contributed by atoms with Gasteiger partial charge in [0.15, 0.2) is 0 Å². The first kappa shape index (κ1) is 22.4. The van der Waals surface area contributed by atoms with E-state index in [9.17, 15) is 0 Å². The molecule has 0 radical (unpaired) electrons. The second-order valence-corrected chi connectivity index (χ2v) is 10.8. The van der Waals surface area contributed by atoms with E-state index in [2.05, 4.69) is 146 Å². The van der Waals surface area contributed by atoms with Gasteiger partial charge in [-0.2, -0.15) is 0 Å². The van der Waals surface area contributed by atoms with Crippen LogP contribution in [0.15, 0.2) is 150 Å². The molecule has 0 spiro atoms. The fourth-order valence-corrected chi connectivity index (χ4v) is 6.87. The van der Waals surface area contributed by atoms with Crippen molar-refractivity contribution in [1.82, 2.24) is 0 Å². The summed E-state index contributed by atoms with van der Waals surface area (Å²) < 4.78 is 6.63. The Balaban J connectivity index is 1.49. The third-order valence-electron chi connectivity index (χ3n) is 8.64. The molecule has 0 aliphatic rings. The van der Waals surface area contributed by atoms with Crippen molar-refractivity contribution in [3.05, 3.63) is 146 Å². The number of benzene rings is 8. The van der Waals surface area contributed by atoms with Crippen molar-refractivity contribution in [1.29, 1.82) is 0 Å². The molecular formula is C40H24O. The monoisotopic (exact) mass is 520 g/mol. The Morgan fingerprint density at radius 2 is 0.659 bits per heavy atom. The van der Waals surface area contributed by atoms with Crippen molar-refractivity contribution in [3.8, 4) is 22.3 Å². The zero-order chi connectivity index (χ0) is 26.9. The fraction of sp³-hybridized carbons (Fsp3) is 0. The van der Waals surface area contributed by atoms with Crippen LogP contribution in [0.2, 0.25) is 0 Å². The molecule has 1 nitrogen and oxygen atoms in total. The van der Waals surface area contributed by atoms with Crippen LogP contribution in [-0.2, 0) is 0 Å². The Morgan fingerprint density at radius 3 is 1.15 bits per heavy atom. The predicted octanol–water partition coefficient (Wildman–Crippen LogP) is 11.5. The summed E-state index contributed by atoms with van der Waals surface area (Å²) in [4.78, 5) is 0. The summed E-state index contributed by atoms with van der Waals surface area (Å²) in [5, 5.41) is 12.3. The molecule has 1 aromatic heterocycles. The van der Waals surface area contributed by atoms with Crippen LogP contribution < -0.4 is 0 Å². The van der Waals surface area contributed by atoms with Gasteiger partial charge in [-0.1, -0.05) is 133 Å². The maximum Gasteiger partial charge on any atom is 0.136 e. The summed E-state index contributed by atoms with van der Waals surface area (Å²) in [6.45, 7) is 0. The highest BCUT2D eigenvalue weighted by Crippen LogP contribution is 2.46. The van der Waals surface area contributed by atoms with Crippen molar-refractivity contribution in [3.63, 3.8) is 0 Å². The Kier molecular flexibility index (Phi) is 4.67. The Labute approximate surface area is 236 Å². The van der Waals surface area contributed by atoms with E-state index < -0.39 is 0 Å². The molecule has 0 aliphatic carbocycles. The van der Waals surface area contributed by atoms with Gasteiger partial charge in [0.1, 0.15) is 11.2 Å². The van der Waals surface area contributed by atoms with Crippen molar-refractivity contribution in [2.24, 2.45) is 0 Å². The minimum atomic E-state index is 0.917. The van der Waals surface area contributed by atoms with Crippen LogP contribution in [0, 0.1) is 0 Å². The minimum Gasteiger partial charge on any atom is -0.456 e. The zero-order valence-electron chi connectivity index (χ0n) is 22.3. The third-order valence-corrected chi connectivity index (χ3v) is 8.64. The molecule has 0 aliphatic heterocycles. The second kappa shape index (κ2) is 8.55. The molecule has 0 saturated carbocycles. The topological polar surface area (TPSA) is 13.1 Å². The fourth-order valence-electron chi connectivity index (χ4n) is 6.87. The van der Waals surface area contributed by atoms with Crippen LogP contribution >= 0.6 is 0 Å². The van der Waals surface area contributed by atoms with Gasteiger partial charge >= 0.3 is 0 Å². The van der Waals surface area contributed by atoms with Crippen molar-refractivity contribution in [2.45, 2.75) is 0 Å². The Hall–Kier alpha value is -5.40. The first-order valence-electron chi connectivity index (χ1n) is 14.1. The molecule has 8 aromatic carbocycles. The third kappa shape index (κ3) is 3.24. The zero-order valence-corrected chi connectivity index (χ0v) is 22.3. The van der Waals surface area contributed by atoms with Crippen molar-refractivity contribution < 1.29 is 4.42 Å². The van der Waals surface area contributed by atoms with E-state index in [1.54, 1.807) is 0 Å². The van der Waals surface area contributed by atoms with Crippen LogP contribution in [0.1, 0.15) is 0 Å². The highest BCUT2D eigenvalue weighted by atomic mass is 16.3. The van der Waals surface area contributed by atoms with Gasteiger partial charge in [0, 0.05) is 21.5 Å². The van der Waals surface area contributed by atoms with E-state index in [-0.39, 0.29) is 0 Å². The van der Waals surface area contributed by atoms with Crippen molar-refractivity contribution in [2.75, 3.05) is 0 Å². The lowest BCUT2D eigenvalue weighted by Gasteiger charge is -2.13. The SMILES string of the molecule is c1ccc2c(-c3cccc4ccc5oc6ccc7cccc(-c8cccc9ccccc89)c7c6c5c34)cccc2c1. The minimum absolute atomic E-state index is 0.917. The van der Waals surface area contributed by atoms with Crippen LogP contribution in [0.25, 0.3) is 87.3 Å². The van der Waals surface area contributed by atoms with Gasteiger partial charge in [-0.05, 0) is 66.7 Å². The number of hydrogen-bond donors (Lipinski definition) is 0. The maximum atomic E-state index is 6.63. The predicted molar refractivity (Wildman–Crippen MR) is 175 cm³/mol. The summed E-state index contributed by atoms with van der Waals surface area (Å²) in [6, 6.07) is 52.5. The van der Waals surface area contributed by atoms with Gasteiger partial charge in [0.25, 0.3) is 0 Å². The average Bonchev–Trinajstić information content (AvgIpc) is 3.43. The molecule has 190 valence electrons.